The van der Waals surface area contributed by atoms with Gasteiger partial charge in [0.05, 0.1) is 16.1 Å². The lowest BCUT2D eigenvalue weighted by Gasteiger charge is -2.28. The maximum atomic E-state index is 3.89. The number of rotatable bonds is 7. The van der Waals surface area contributed by atoms with Crippen molar-refractivity contribution in [2.75, 3.05) is 10.2 Å². The van der Waals surface area contributed by atoms with Gasteiger partial charge >= 0.3 is 0 Å². The Kier molecular flexibility index (Phi) is 7.56. The molecule has 10 aromatic rings. The van der Waals surface area contributed by atoms with Crippen LogP contribution in [0.25, 0.3) is 62.6 Å². The number of nitrogens with one attached hydrogen (secondary N) is 1. The highest BCUT2D eigenvalue weighted by molar-refractivity contribution is 7.26. The van der Waals surface area contributed by atoms with Gasteiger partial charge in [-0.1, -0.05) is 127 Å². The lowest BCUT2D eigenvalue weighted by atomic mass is 10.0. The van der Waals surface area contributed by atoms with E-state index in [1.54, 1.807) is 0 Å². The summed E-state index contributed by atoms with van der Waals surface area (Å²) in [5.74, 6) is 0. The van der Waals surface area contributed by atoms with Gasteiger partial charge in [0.2, 0.25) is 0 Å². The molecule has 2 nitrogen and oxygen atoms in total. The highest BCUT2D eigenvalue weighted by Gasteiger charge is 2.20. The summed E-state index contributed by atoms with van der Waals surface area (Å²) in [4.78, 5) is 2.43. The summed E-state index contributed by atoms with van der Waals surface area (Å²) in [6.07, 6.45) is 0. The van der Waals surface area contributed by atoms with Crippen molar-refractivity contribution in [3.8, 4) is 22.3 Å². The summed E-state index contributed by atoms with van der Waals surface area (Å²) >= 11 is 3.70. The maximum Gasteiger partial charge on any atom is 0.0590 e. The molecule has 0 aliphatic heterocycles. The van der Waals surface area contributed by atoms with Crippen molar-refractivity contribution in [1.82, 2.24) is 0 Å². The van der Waals surface area contributed by atoms with Crippen LogP contribution < -0.4 is 10.2 Å². The van der Waals surface area contributed by atoms with Crippen molar-refractivity contribution in [3.63, 3.8) is 0 Å². The van der Waals surface area contributed by atoms with Crippen LogP contribution in [0.15, 0.2) is 188 Å². The second-order valence-corrected chi connectivity index (χ2v) is 15.1. The minimum atomic E-state index is 1.07. The Balaban J connectivity index is 1.16. The van der Waals surface area contributed by atoms with E-state index in [1.807, 2.05) is 22.7 Å². The fraction of sp³-hybridized carbons (Fsp3) is 0. The second kappa shape index (κ2) is 12.8. The van der Waals surface area contributed by atoms with E-state index in [-0.39, 0.29) is 0 Å². The molecule has 0 atom stereocenters. The third-order valence-electron chi connectivity index (χ3n) is 9.87. The number of hydrogen-bond donors (Lipinski definition) is 1. The largest absolute Gasteiger partial charge is 0.354 e. The van der Waals surface area contributed by atoms with E-state index >= 15 is 0 Å². The molecule has 0 aliphatic carbocycles. The van der Waals surface area contributed by atoms with E-state index in [1.165, 1.54) is 51.5 Å². The Morgan fingerprint density at radius 2 is 0.981 bits per heavy atom. The fourth-order valence-electron chi connectivity index (χ4n) is 7.43. The number of fused-ring (bicyclic) bond motifs is 6. The molecule has 0 amide bonds. The molecule has 52 heavy (non-hydrogen) atoms. The van der Waals surface area contributed by atoms with Crippen molar-refractivity contribution in [2.24, 2.45) is 0 Å². The predicted octanol–water partition coefficient (Wildman–Crippen LogP) is 15.0. The Labute approximate surface area is 310 Å². The molecule has 246 valence electrons. The maximum absolute atomic E-state index is 3.89. The van der Waals surface area contributed by atoms with Crippen LogP contribution in [0.1, 0.15) is 0 Å². The molecule has 0 radical (unpaired) electrons. The van der Waals surface area contributed by atoms with Gasteiger partial charge in [-0.15, -0.1) is 22.7 Å². The van der Waals surface area contributed by atoms with Crippen LogP contribution in [0.5, 0.6) is 0 Å². The summed E-state index contributed by atoms with van der Waals surface area (Å²) < 4.78 is 5.14. The lowest BCUT2D eigenvalue weighted by Crippen LogP contribution is -2.11. The third kappa shape index (κ3) is 5.32. The number of benzene rings is 8. The first-order valence-electron chi connectivity index (χ1n) is 17.5. The molecule has 0 aliphatic rings. The first-order valence-corrected chi connectivity index (χ1v) is 19.1. The quantitative estimate of drug-likeness (QED) is 0.178. The number of thiophene rings is 2. The molecule has 0 saturated heterocycles. The zero-order valence-corrected chi connectivity index (χ0v) is 29.8. The molecule has 0 bridgehead atoms. The predicted molar refractivity (Wildman–Crippen MR) is 227 cm³/mol. The van der Waals surface area contributed by atoms with Crippen LogP contribution in [0, 0.1) is 0 Å². The smallest absolute Gasteiger partial charge is 0.0590 e. The van der Waals surface area contributed by atoms with Crippen LogP contribution in [0.4, 0.5) is 28.4 Å². The highest BCUT2D eigenvalue weighted by Crippen LogP contribution is 2.47. The molecule has 8 aromatic carbocycles. The molecule has 2 aromatic heterocycles. The van der Waals surface area contributed by atoms with Gasteiger partial charge in [0.1, 0.15) is 0 Å². The molecule has 0 unspecified atom stereocenters. The highest BCUT2D eigenvalue weighted by atomic mass is 32.1. The Hall–Kier alpha value is -6.20. The molecule has 0 fully saturated rings. The first-order chi connectivity index (χ1) is 25.8. The van der Waals surface area contributed by atoms with E-state index in [9.17, 15) is 0 Å². The van der Waals surface area contributed by atoms with Gasteiger partial charge in [0.25, 0.3) is 0 Å². The topological polar surface area (TPSA) is 15.3 Å². The molecule has 4 heteroatoms. The van der Waals surface area contributed by atoms with Gasteiger partial charge in [0, 0.05) is 58.3 Å². The van der Waals surface area contributed by atoms with Gasteiger partial charge in [-0.25, -0.2) is 0 Å². The Morgan fingerprint density at radius 1 is 0.385 bits per heavy atom. The van der Waals surface area contributed by atoms with Crippen molar-refractivity contribution >= 4 is 91.5 Å². The lowest BCUT2D eigenvalue weighted by molar-refractivity contribution is 1.30. The second-order valence-electron chi connectivity index (χ2n) is 13.0. The minimum Gasteiger partial charge on any atom is -0.354 e. The summed E-state index contributed by atoms with van der Waals surface area (Å²) in [5.41, 5.74) is 10.3. The zero-order valence-electron chi connectivity index (χ0n) is 28.2. The number of hydrogen-bond acceptors (Lipinski definition) is 4. The van der Waals surface area contributed by atoms with Crippen molar-refractivity contribution in [1.29, 1.82) is 0 Å². The van der Waals surface area contributed by atoms with Gasteiger partial charge in [-0.3, -0.25) is 0 Å². The third-order valence-corrected chi connectivity index (χ3v) is 12.2. The van der Waals surface area contributed by atoms with Gasteiger partial charge in [0.15, 0.2) is 0 Å². The normalized spacial score (nSPS) is 11.5. The van der Waals surface area contributed by atoms with E-state index in [2.05, 4.69) is 198 Å². The Morgan fingerprint density at radius 3 is 1.77 bits per heavy atom. The van der Waals surface area contributed by atoms with E-state index in [4.69, 9.17) is 0 Å². The number of nitrogens with zero attached hydrogens (tertiary/aromatic N) is 1. The fourth-order valence-corrected chi connectivity index (χ4v) is 9.73. The van der Waals surface area contributed by atoms with E-state index in [0.29, 0.717) is 0 Å². The minimum absolute atomic E-state index is 1.07. The van der Waals surface area contributed by atoms with Crippen molar-refractivity contribution < 1.29 is 0 Å². The van der Waals surface area contributed by atoms with Crippen molar-refractivity contribution in [3.05, 3.63) is 188 Å². The van der Waals surface area contributed by atoms with Crippen molar-refractivity contribution in [2.45, 2.75) is 0 Å². The van der Waals surface area contributed by atoms with Gasteiger partial charge in [-0.05, 0) is 77.4 Å². The average molecular weight is 701 g/mol. The molecule has 0 saturated carbocycles. The summed E-state index contributed by atoms with van der Waals surface area (Å²) in [7, 11) is 0. The summed E-state index contributed by atoms with van der Waals surface area (Å²) in [6.45, 7) is 0. The molecular weight excluding hydrogens is 669 g/mol. The number of anilines is 5. The van der Waals surface area contributed by atoms with Crippen LogP contribution >= 0.6 is 22.7 Å². The zero-order chi connectivity index (χ0) is 34.4. The molecular formula is C48H32N2S2. The Bertz CT molecular complexity index is 2870. The summed E-state index contributed by atoms with van der Waals surface area (Å²) in [5, 5.41) is 9.02. The molecule has 0 spiro atoms. The van der Waals surface area contributed by atoms with Crippen LogP contribution in [0.2, 0.25) is 0 Å². The van der Waals surface area contributed by atoms with Gasteiger partial charge in [-0.2, -0.15) is 0 Å². The SMILES string of the molecule is c1ccc(-c2ccc(N(c3ccc(Nc4cccc5c4sc4ccccc45)c(-c4ccccc4)c3)c3cccc4sc5ccccc5c34)cc2)cc1. The molecule has 1 N–H and O–H groups in total. The van der Waals surface area contributed by atoms with Gasteiger partial charge < -0.3 is 10.2 Å². The monoisotopic (exact) mass is 700 g/mol. The standard InChI is InChI=1S/C48H32N2S2/c1-3-13-32(14-4-1)33-25-27-35(28-26-33)50(43-21-12-24-46-47(43)39-18-8-10-23-45(39)51-46)36-29-30-41(40(31-36)34-15-5-2-6-16-34)49-42-20-11-19-38-37-17-7-9-22-44(37)52-48(38)42/h1-31,49H. The van der Waals surface area contributed by atoms with Crippen LogP contribution in [-0.2, 0) is 0 Å². The van der Waals surface area contributed by atoms with Crippen LogP contribution in [-0.4, -0.2) is 0 Å². The first kappa shape index (κ1) is 30.6. The van der Waals surface area contributed by atoms with E-state index < -0.39 is 0 Å². The van der Waals surface area contributed by atoms with E-state index in [0.717, 1.165) is 39.6 Å². The molecule has 10 rings (SSSR count). The molecule has 2 heterocycles. The summed E-state index contributed by atoms with van der Waals surface area (Å²) in [6, 6.07) is 67.9. The average Bonchev–Trinajstić information content (AvgIpc) is 3.79. The van der Waals surface area contributed by atoms with Crippen LogP contribution in [0.3, 0.4) is 0 Å².